The van der Waals surface area contributed by atoms with Gasteiger partial charge in [-0.15, -0.1) is 0 Å². The average molecular weight is 288 g/mol. The Hall–Kier alpha value is -0.980. The maximum Gasteiger partial charge on any atom is 0.0837 e. The molecule has 1 aromatic rings. The van der Waals surface area contributed by atoms with Gasteiger partial charge in [0.15, 0.2) is 0 Å². The average Bonchev–Trinajstić information content (AvgIpc) is 2.53. The van der Waals surface area contributed by atoms with Crippen molar-refractivity contribution in [2.75, 3.05) is 19.3 Å². The second kappa shape index (κ2) is 7.71. The molecule has 0 amide bonds. The molecular weight excluding hydrogens is 264 g/mol. The van der Waals surface area contributed by atoms with Crippen LogP contribution in [-0.2, 0) is 0 Å². The van der Waals surface area contributed by atoms with Crippen LogP contribution in [0.4, 0.5) is 0 Å². The van der Waals surface area contributed by atoms with Gasteiger partial charge >= 0.3 is 0 Å². The Balaban J connectivity index is 1.86. The Kier molecular flexibility index (Phi) is 5.94. The molecule has 1 aromatic carbocycles. The van der Waals surface area contributed by atoms with Gasteiger partial charge in [0.05, 0.1) is 12.0 Å². The van der Waals surface area contributed by atoms with Crippen LogP contribution in [0.25, 0.3) is 0 Å². The van der Waals surface area contributed by atoms with E-state index in [0.717, 1.165) is 18.7 Å². The van der Waals surface area contributed by atoms with Crippen molar-refractivity contribution in [3.8, 4) is 6.07 Å². The Morgan fingerprint density at radius 1 is 1.25 bits per heavy atom. The van der Waals surface area contributed by atoms with Crippen molar-refractivity contribution in [1.29, 1.82) is 5.26 Å². The number of rotatable bonds is 6. The summed E-state index contributed by atoms with van der Waals surface area (Å²) in [6, 6.07) is 12.5. The highest BCUT2D eigenvalue weighted by Crippen LogP contribution is 2.38. The molecule has 3 heteroatoms. The van der Waals surface area contributed by atoms with Crippen molar-refractivity contribution in [3.05, 3.63) is 35.9 Å². The summed E-state index contributed by atoms with van der Waals surface area (Å²) in [5, 5.41) is 12.9. The summed E-state index contributed by atoms with van der Waals surface area (Å²) >= 11 is 2.00. The smallest absolute Gasteiger partial charge is 0.0837 e. The third kappa shape index (κ3) is 4.01. The number of nitrogens with one attached hydrogen (secondary N) is 1. The van der Waals surface area contributed by atoms with Crippen LogP contribution in [0.2, 0.25) is 0 Å². The van der Waals surface area contributed by atoms with Gasteiger partial charge in [-0.25, -0.2) is 0 Å². The van der Waals surface area contributed by atoms with E-state index in [2.05, 4.69) is 17.6 Å². The predicted octanol–water partition coefficient (Wildman–Crippen LogP) is 3.95. The van der Waals surface area contributed by atoms with E-state index in [1.165, 1.54) is 32.1 Å². The van der Waals surface area contributed by atoms with E-state index in [1.54, 1.807) is 0 Å². The number of hydrogen-bond acceptors (Lipinski definition) is 3. The standard InChI is InChI=1S/C17H24N2S/c1-20-17(10-6-3-7-11-17)14-19-13-16(12-18)15-8-4-2-5-9-15/h2,4-5,8-9,16,19H,3,6-7,10-11,13-14H2,1H3. The summed E-state index contributed by atoms with van der Waals surface area (Å²) in [5.74, 6) is -0.0429. The van der Waals surface area contributed by atoms with Crippen molar-refractivity contribution < 1.29 is 0 Å². The molecule has 0 radical (unpaired) electrons. The molecule has 20 heavy (non-hydrogen) atoms. The minimum absolute atomic E-state index is 0.0429. The quantitative estimate of drug-likeness (QED) is 0.861. The minimum Gasteiger partial charge on any atom is -0.314 e. The van der Waals surface area contributed by atoms with Crippen LogP contribution in [0.5, 0.6) is 0 Å². The van der Waals surface area contributed by atoms with Gasteiger partial charge < -0.3 is 5.32 Å². The van der Waals surface area contributed by atoms with Crippen LogP contribution in [0.15, 0.2) is 30.3 Å². The lowest BCUT2D eigenvalue weighted by atomic mass is 9.88. The van der Waals surface area contributed by atoms with E-state index in [1.807, 2.05) is 42.1 Å². The van der Waals surface area contributed by atoms with Crippen molar-refractivity contribution in [2.45, 2.75) is 42.8 Å². The van der Waals surface area contributed by atoms with E-state index < -0.39 is 0 Å². The van der Waals surface area contributed by atoms with E-state index in [9.17, 15) is 5.26 Å². The molecule has 1 unspecified atom stereocenters. The van der Waals surface area contributed by atoms with Gasteiger partial charge in [0.1, 0.15) is 0 Å². The largest absolute Gasteiger partial charge is 0.314 e. The zero-order chi connectivity index (χ0) is 14.3. The lowest BCUT2D eigenvalue weighted by Gasteiger charge is -2.36. The molecule has 1 aliphatic carbocycles. The summed E-state index contributed by atoms with van der Waals surface area (Å²) in [6.45, 7) is 1.78. The molecule has 2 nitrogen and oxygen atoms in total. The van der Waals surface area contributed by atoms with Gasteiger partial charge in [0.25, 0.3) is 0 Å². The van der Waals surface area contributed by atoms with E-state index in [-0.39, 0.29) is 5.92 Å². The number of nitriles is 1. The fourth-order valence-electron chi connectivity index (χ4n) is 3.02. The lowest BCUT2D eigenvalue weighted by molar-refractivity contribution is 0.379. The first-order chi connectivity index (χ1) is 9.79. The van der Waals surface area contributed by atoms with E-state index >= 15 is 0 Å². The van der Waals surface area contributed by atoms with Crippen molar-refractivity contribution in [2.24, 2.45) is 0 Å². The molecule has 0 bridgehead atoms. The molecule has 108 valence electrons. The maximum atomic E-state index is 9.34. The second-order valence-corrected chi connectivity index (χ2v) is 6.95. The first kappa shape index (κ1) is 15.4. The monoisotopic (exact) mass is 288 g/mol. The van der Waals surface area contributed by atoms with Crippen LogP contribution in [0.3, 0.4) is 0 Å². The van der Waals surface area contributed by atoms with Gasteiger partial charge in [-0.1, -0.05) is 49.6 Å². The Bertz CT molecular complexity index is 432. The van der Waals surface area contributed by atoms with Crippen LogP contribution >= 0.6 is 11.8 Å². The third-order valence-electron chi connectivity index (χ3n) is 4.35. The van der Waals surface area contributed by atoms with Crippen LogP contribution < -0.4 is 5.32 Å². The second-order valence-electron chi connectivity index (χ2n) is 5.67. The number of benzene rings is 1. The highest BCUT2D eigenvalue weighted by molar-refractivity contribution is 8.00. The first-order valence-corrected chi connectivity index (χ1v) is 8.72. The molecule has 2 rings (SSSR count). The van der Waals surface area contributed by atoms with Gasteiger partial charge in [-0.3, -0.25) is 0 Å². The fourth-order valence-corrected chi connectivity index (χ4v) is 3.96. The van der Waals surface area contributed by atoms with Crippen molar-refractivity contribution in [3.63, 3.8) is 0 Å². The Morgan fingerprint density at radius 3 is 2.55 bits per heavy atom. The predicted molar refractivity (Wildman–Crippen MR) is 87.0 cm³/mol. The minimum atomic E-state index is -0.0429. The Labute approximate surface area is 127 Å². The molecule has 1 atom stereocenters. The topological polar surface area (TPSA) is 35.8 Å². The molecule has 1 N–H and O–H groups in total. The molecule has 1 aliphatic rings. The normalized spacial score (nSPS) is 19.2. The Morgan fingerprint density at radius 2 is 1.95 bits per heavy atom. The zero-order valence-corrected chi connectivity index (χ0v) is 13.1. The van der Waals surface area contributed by atoms with Gasteiger partial charge in [-0.05, 0) is 24.7 Å². The maximum absolute atomic E-state index is 9.34. The molecule has 1 fully saturated rings. The van der Waals surface area contributed by atoms with Crippen LogP contribution in [0.1, 0.15) is 43.6 Å². The summed E-state index contributed by atoms with van der Waals surface area (Å²) in [6.07, 6.45) is 8.93. The summed E-state index contributed by atoms with van der Waals surface area (Å²) in [5.41, 5.74) is 1.12. The van der Waals surface area contributed by atoms with Crippen LogP contribution in [-0.4, -0.2) is 24.1 Å². The van der Waals surface area contributed by atoms with Gasteiger partial charge in [0, 0.05) is 17.8 Å². The summed E-state index contributed by atoms with van der Waals surface area (Å²) in [4.78, 5) is 0. The number of nitrogens with zero attached hydrogens (tertiary/aromatic N) is 1. The zero-order valence-electron chi connectivity index (χ0n) is 12.3. The molecule has 0 saturated heterocycles. The van der Waals surface area contributed by atoms with E-state index in [0.29, 0.717) is 4.75 Å². The van der Waals surface area contributed by atoms with Crippen LogP contribution in [0, 0.1) is 11.3 Å². The SMILES string of the molecule is CSC1(CNCC(C#N)c2ccccc2)CCCCC1. The number of hydrogen-bond donors (Lipinski definition) is 1. The highest BCUT2D eigenvalue weighted by Gasteiger charge is 2.30. The first-order valence-electron chi connectivity index (χ1n) is 7.50. The summed E-state index contributed by atoms with van der Waals surface area (Å²) in [7, 11) is 0. The van der Waals surface area contributed by atoms with Crippen molar-refractivity contribution >= 4 is 11.8 Å². The molecule has 0 aromatic heterocycles. The summed E-state index contributed by atoms with van der Waals surface area (Å²) < 4.78 is 0.398. The van der Waals surface area contributed by atoms with E-state index in [4.69, 9.17) is 0 Å². The molecule has 0 aliphatic heterocycles. The lowest BCUT2D eigenvalue weighted by Crippen LogP contribution is -2.40. The van der Waals surface area contributed by atoms with Gasteiger partial charge in [-0.2, -0.15) is 17.0 Å². The van der Waals surface area contributed by atoms with Gasteiger partial charge in [0.2, 0.25) is 0 Å². The third-order valence-corrected chi connectivity index (χ3v) is 5.77. The number of thioether (sulfide) groups is 1. The van der Waals surface area contributed by atoms with Crippen molar-refractivity contribution in [1.82, 2.24) is 5.32 Å². The fraction of sp³-hybridized carbons (Fsp3) is 0.588. The molecule has 0 spiro atoms. The molecule has 1 saturated carbocycles. The highest BCUT2D eigenvalue weighted by atomic mass is 32.2. The molecule has 0 heterocycles. The molecular formula is C17H24N2S.